The Morgan fingerprint density at radius 1 is 0.755 bits per heavy atom. The molecule has 0 bridgehead atoms. The topological polar surface area (TPSA) is 75.4 Å². The van der Waals surface area contributed by atoms with E-state index in [0.717, 1.165) is 98.6 Å². The molecule has 2 fully saturated rings. The molecule has 6 rings (SSSR count). The molecule has 1 saturated heterocycles. The first-order chi connectivity index (χ1) is 23.2. The van der Waals surface area contributed by atoms with Gasteiger partial charge in [0.25, 0.3) is 0 Å². The number of ether oxygens (including phenoxy) is 2. The highest BCUT2D eigenvalue weighted by atomic mass is 16.7. The van der Waals surface area contributed by atoms with E-state index in [9.17, 15) is 0 Å². The van der Waals surface area contributed by atoms with Crippen LogP contribution in [0, 0.1) is 10.8 Å². The standard InChI is InChI=1S/C42H61N5O2/c1-10-45(11-2)37(44)21-15-18-30-23-32-27-47-36-20-13-12-19-35(36)46-26-31-22-29(17-14-16-28(3)43)24-33(40(4,5)6)38(31)48-42(46,47)49-39(32)34(25-30)41(7,8)9/h22-27,35-36,43-44H,10-21H2,1-9H3/q+2. The predicted octanol–water partition coefficient (Wildman–Crippen LogP) is 8.57. The minimum atomic E-state index is -1.07. The molecule has 264 valence electrons. The molecule has 1 aliphatic carbocycles. The lowest BCUT2D eigenvalue weighted by molar-refractivity contribution is -0.866. The molecular formula is C42H61N5O2+2. The number of nitrogens with zero attached hydrogens (tertiary/aromatic N) is 3. The fourth-order valence-electron chi connectivity index (χ4n) is 8.48. The summed E-state index contributed by atoms with van der Waals surface area (Å²) in [4.78, 5) is 2.15. The van der Waals surface area contributed by atoms with Crippen LogP contribution in [0.25, 0.3) is 0 Å². The zero-order valence-corrected chi connectivity index (χ0v) is 31.8. The number of nitrogens with one attached hydrogen (secondary N) is 2. The lowest BCUT2D eigenvalue weighted by Gasteiger charge is -2.33. The van der Waals surface area contributed by atoms with Crippen molar-refractivity contribution in [3.05, 3.63) is 57.6 Å². The molecule has 7 heteroatoms. The molecule has 49 heavy (non-hydrogen) atoms. The Kier molecular flexibility index (Phi) is 9.62. The maximum Gasteiger partial charge on any atom is 0.704 e. The Labute approximate surface area is 295 Å². The normalized spacial score (nSPS) is 22.3. The van der Waals surface area contributed by atoms with E-state index in [2.05, 4.69) is 106 Å². The van der Waals surface area contributed by atoms with Crippen LogP contribution in [0.4, 0.5) is 0 Å². The average molecular weight is 668 g/mol. The maximum absolute atomic E-state index is 8.58. The number of benzene rings is 2. The summed E-state index contributed by atoms with van der Waals surface area (Å²) in [5.74, 6) is 2.60. The fraction of sp³-hybridized carbons (Fsp3) is 0.619. The number of fused-ring (bicyclic) bond motifs is 5. The molecule has 1 saturated carbocycles. The zero-order valence-electron chi connectivity index (χ0n) is 31.8. The molecular weight excluding hydrogens is 606 g/mol. The summed E-state index contributed by atoms with van der Waals surface area (Å²) in [5, 5.41) is 16.5. The van der Waals surface area contributed by atoms with Crippen molar-refractivity contribution in [2.24, 2.45) is 0 Å². The Balaban J connectivity index is 1.43. The van der Waals surface area contributed by atoms with Gasteiger partial charge in [0.05, 0.1) is 17.0 Å². The third kappa shape index (κ3) is 6.71. The molecule has 3 atom stereocenters. The van der Waals surface area contributed by atoms with E-state index >= 15 is 0 Å². The summed E-state index contributed by atoms with van der Waals surface area (Å²) in [5.41, 5.74) is 7.82. The first-order valence-corrected chi connectivity index (χ1v) is 19.0. The summed E-state index contributed by atoms with van der Waals surface area (Å²) in [6.07, 6.45) is 14.8. The smallest absolute Gasteiger partial charge is 0.361 e. The predicted molar refractivity (Wildman–Crippen MR) is 201 cm³/mol. The summed E-state index contributed by atoms with van der Waals surface area (Å²) in [7, 11) is 0. The van der Waals surface area contributed by atoms with Gasteiger partial charge in [-0.3, -0.25) is 5.41 Å². The van der Waals surface area contributed by atoms with Crippen molar-refractivity contribution in [1.82, 2.24) is 4.90 Å². The van der Waals surface area contributed by atoms with Gasteiger partial charge in [-0.15, -0.1) is 0 Å². The molecule has 0 radical (unpaired) electrons. The second kappa shape index (κ2) is 13.3. The van der Waals surface area contributed by atoms with Crippen LogP contribution in [0.5, 0.6) is 11.5 Å². The molecule has 2 aromatic rings. The van der Waals surface area contributed by atoms with Gasteiger partial charge >= 0.3 is 6.03 Å². The van der Waals surface area contributed by atoms with Crippen molar-refractivity contribution >= 4 is 24.0 Å². The van der Waals surface area contributed by atoms with Crippen LogP contribution in [0.1, 0.15) is 147 Å². The molecule has 3 unspecified atom stereocenters. The number of rotatable bonds is 10. The summed E-state index contributed by atoms with van der Waals surface area (Å²) in [6, 6.07) is 8.90. The van der Waals surface area contributed by atoms with Crippen LogP contribution in [0.3, 0.4) is 0 Å². The van der Waals surface area contributed by atoms with Gasteiger partial charge in [-0.05, 0) is 99.8 Å². The Hall–Kier alpha value is -3.48. The minimum Gasteiger partial charge on any atom is -0.361 e. The second-order valence-corrected chi connectivity index (χ2v) is 17.0. The van der Waals surface area contributed by atoms with Gasteiger partial charge in [0.15, 0.2) is 23.9 Å². The third-order valence-corrected chi connectivity index (χ3v) is 11.1. The van der Waals surface area contributed by atoms with Gasteiger partial charge < -0.3 is 19.8 Å². The van der Waals surface area contributed by atoms with Gasteiger partial charge in [-0.25, -0.2) is 0 Å². The zero-order chi connectivity index (χ0) is 35.3. The number of hydrogen-bond acceptors (Lipinski definition) is 4. The van der Waals surface area contributed by atoms with Crippen LogP contribution in [0.2, 0.25) is 0 Å². The Morgan fingerprint density at radius 3 is 1.61 bits per heavy atom. The maximum atomic E-state index is 8.58. The van der Waals surface area contributed by atoms with Crippen LogP contribution in [-0.4, -0.2) is 69.2 Å². The van der Waals surface area contributed by atoms with E-state index < -0.39 is 6.03 Å². The van der Waals surface area contributed by atoms with Gasteiger partial charge in [0.2, 0.25) is 12.1 Å². The monoisotopic (exact) mass is 667 g/mol. The molecule has 2 aromatic carbocycles. The van der Waals surface area contributed by atoms with Gasteiger partial charge in [0.1, 0.15) is 0 Å². The van der Waals surface area contributed by atoms with Crippen molar-refractivity contribution in [1.29, 1.82) is 10.8 Å². The summed E-state index contributed by atoms with van der Waals surface area (Å²) >= 11 is 0. The quantitative estimate of drug-likeness (QED) is 0.151. The second-order valence-electron chi connectivity index (χ2n) is 17.0. The molecule has 2 N–H and O–H groups in total. The lowest BCUT2D eigenvalue weighted by atomic mass is 9.83. The van der Waals surface area contributed by atoms with Gasteiger partial charge in [0, 0.05) is 49.2 Å². The molecule has 0 amide bonds. The van der Waals surface area contributed by atoms with Gasteiger partial charge in [-0.2, -0.15) is 0 Å². The minimum absolute atomic E-state index is 0.121. The van der Waals surface area contributed by atoms with E-state index in [-0.39, 0.29) is 10.8 Å². The van der Waals surface area contributed by atoms with Crippen molar-refractivity contribution < 1.29 is 18.6 Å². The first-order valence-electron chi connectivity index (χ1n) is 19.0. The molecule has 7 nitrogen and oxygen atoms in total. The third-order valence-electron chi connectivity index (χ3n) is 11.1. The molecule has 0 aromatic heterocycles. The van der Waals surface area contributed by atoms with E-state index in [4.69, 9.17) is 20.3 Å². The highest BCUT2D eigenvalue weighted by Gasteiger charge is 2.76. The van der Waals surface area contributed by atoms with E-state index in [1.807, 2.05) is 6.92 Å². The fourth-order valence-corrected chi connectivity index (χ4v) is 8.48. The van der Waals surface area contributed by atoms with Crippen molar-refractivity contribution in [3.63, 3.8) is 0 Å². The van der Waals surface area contributed by atoms with Crippen LogP contribution in [-0.2, 0) is 23.7 Å². The molecule has 3 aliphatic heterocycles. The number of aryl methyl sites for hydroxylation is 2. The van der Waals surface area contributed by atoms with Crippen LogP contribution < -0.4 is 9.47 Å². The summed E-state index contributed by atoms with van der Waals surface area (Å²) in [6.45, 7) is 21.6. The molecule has 4 aliphatic rings. The largest absolute Gasteiger partial charge is 0.704 e. The molecule has 3 heterocycles. The summed E-state index contributed by atoms with van der Waals surface area (Å²) < 4.78 is 19.6. The van der Waals surface area contributed by atoms with Gasteiger partial charge in [-0.1, -0.05) is 62.8 Å². The van der Waals surface area contributed by atoms with E-state index in [0.29, 0.717) is 12.1 Å². The van der Waals surface area contributed by atoms with Crippen LogP contribution in [0.15, 0.2) is 24.3 Å². The first kappa shape index (κ1) is 35.3. The van der Waals surface area contributed by atoms with Crippen molar-refractivity contribution in [2.75, 3.05) is 13.1 Å². The number of amidine groups is 1. The highest BCUT2D eigenvalue weighted by molar-refractivity contribution is 5.85. The SMILES string of the molecule is CCN(CC)C(=N)CCCc1cc2c(c(C(C)(C)C)c1)OC13Oc4c(cc(CCCC(C)=N)cc4C(C)(C)C)C=[N+]1C1CCCCC1[N+]3=C2. The van der Waals surface area contributed by atoms with E-state index in [1.165, 1.54) is 35.1 Å². The Bertz CT molecular complexity index is 1690. The van der Waals surface area contributed by atoms with E-state index in [1.54, 1.807) is 0 Å². The average Bonchev–Trinajstić information content (AvgIpc) is 3.30. The van der Waals surface area contributed by atoms with Crippen LogP contribution >= 0.6 is 0 Å². The Morgan fingerprint density at radius 2 is 1.20 bits per heavy atom. The highest BCUT2D eigenvalue weighted by Crippen LogP contribution is 2.49. The van der Waals surface area contributed by atoms with Crippen molar-refractivity contribution in [2.45, 2.75) is 155 Å². The van der Waals surface area contributed by atoms with Crippen molar-refractivity contribution in [3.8, 4) is 11.5 Å². The lowest BCUT2D eigenvalue weighted by Crippen LogP contribution is -2.60. The molecule has 1 spiro atoms. The number of hydrogen-bond donors (Lipinski definition) is 2.